The van der Waals surface area contributed by atoms with Crippen LogP contribution >= 0.6 is 11.3 Å². The summed E-state index contributed by atoms with van der Waals surface area (Å²) in [6, 6.07) is 7.59. The molecule has 1 aromatic carbocycles. The van der Waals surface area contributed by atoms with Gasteiger partial charge in [0, 0.05) is 37.3 Å². The Morgan fingerprint density at radius 3 is 2.93 bits per heavy atom. The average Bonchev–Trinajstić information content (AvgIpc) is 3.14. The van der Waals surface area contributed by atoms with Gasteiger partial charge in [0.1, 0.15) is 20.4 Å². The van der Waals surface area contributed by atoms with Crippen LogP contribution in [0.3, 0.4) is 0 Å². The number of amides is 1. The highest BCUT2D eigenvalue weighted by molar-refractivity contribution is 7.89. The van der Waals surface area contributed by atoms with Crippen LogP contribution in [-0.4, -0.2) is 50.4 Å². The van der Waals surface area contributed by atoms with E-state index in [0.717, 1.165) is 11.5 Å². The number of sulfonamides is 1. The molecule has 1 atom stereocenters. The average molecular weight is 450 g/mol. The number of rotatable bonds is 4. The molecule has 4 rings (SSSR count). The highest BCUT2D eigenvalue weighted by Crippen LogP contribution is 2.38. The first kappa shape index (κ1) is 20.9. The lowest BCUT2D eigenvalue weighted by Gasteiger charge is -2.32. The van der Waals surface area contributed by atoms with Crippen LogP contribution in [0.15, 0.2) is 41.4 Å². The summed E-state index contributed by atoms with van der Waals surface area (Å²) in [6.07, 6.45) is 0.960. The number of thiophene rings is 1. The van der Waals surface area contributed by atoms with Crippen molar-refractivity contribution in [2.75, 3.05) is 26.7 Å². The van der Waals surface area contributed by atoms with E-state index in [0.29, 0.717) is 20.8 Å². The number of ether oxygens (including phenoxy) is 1. The van der Waals surface area contributed by atoms with Crippen molar-refractivity contribution in [3.63, 3.8) is 0 Å². The predicted molar refractivity (Wildman–Crippen MR) is 112 cm³/mol. The molecule has 1 unspecified atom stereocenters. The van der Waals surface area contributed by atoms with Gasteiger partial charge in [-0.1, -0.05) is 12.1 Å². The van der Waals surface area contributed by atoms with Crippen LogP contribution in [0.4, 0.5) is 4.39 Å². The maximum Gasteiger partial charge on any atom is 0.261 e. The molecule has 1 aliphatic rings. The molecular formula is C20H20FN3O4S2. The standard InChI is InChI=1S/C20H20FN3O4S2/c1-12-5-6-14(21)16(10-12)30(26,27)24-8-9-28-15(11-24)17-13-4-3-7-23-20(13)29-18(17)19(25)22-2/h3-7,10,15H,8-9,11H2,1-2H3,(H,22,25). The molecule has 0 bridgehead atoms. The summed E-state index contributed by atoms with van der Waals surface area (Å²) in [6.45, 7) is 1.91. The highest BCUT2D eigenvalue weighted by atomic mass is 32.2. The fraction of sp³-hybridized carbons (Fsp3) is 0.300. The summed E-state index contributed by atoms with van der Waals surface area (Å²) in [5.41, 5.74) is 1.25. The maximum atomic E-state index is 14.3. The van der Waals surface area contributed by atoms with Crippen LogP contribution in [-0.2, 0) is 14.8 Å². The molecule has 0 radical (unpaired) electrons. The van der Waals surface area contributed by atoms with Gasteiger partial charge in [-0.15, -0.1) is 11.3 Å². The molecule has 0 aliphatic carbocycles. The second-order valence-electron chi connectivity index (χ2n) is 6.94. The van der Waals surface area contributed by atoms with E-state index in [1.807, 2.05) is 6.07 Å². The molecule has 3 heterocycles. The van der Waals surface area contributed by atoms with Crippen molar-refractivity contribution in [2.24, 2.45) is 0 Å². The van der Waals surface area contributed by atoms with E-state index >= 15 is 0 Å². The third kappa shape index (κ3) is 3.60. The number of aromatic nitrogens is 1. The van der Waals surface area contributed by atoms with Gasteiger partial charge in [-0.3, -0.25) is 4.79 Å². The van der Waals surface area contributed by atoms with Crippen LogP contribution in [0.5, 0.6) is 0 Å². The van der Waals surface area contributed by atoms with Gasteiger partial charge < -0.3 is 10.1 Å². The lowest BCUT2D eigenvalue weighted by Crippen LogP contribution is -2.42. The van der Waals surface area contributed by atoms with Crippen molar-refractivity contribution in [3.05, 3.63) is 58.3 Å². The number of hydrogen-bond acceptors (Lipinski definition) is 6. The number of benzene rings is 1. The zero-order valence-corrected chi connectivity index (χ0v) is 18.0. The van der Waals surface area contributed by atoms with Gasteiger partial charge in [0.15, 0.2) is 0 Å². The summed E-state index contributed by atoms with van der Waals surface area (Å²) in [5.74, 6) is -1.08. The second-order valence-corrected chi connectivity index (χ2v) is 9.84. The van der Waals surface area contributed by atoms with Crippen molar-refractivity contribution < 1.29 is 22.3 Å². The van der Waals surface area contributed by atoms with Crippen LogP contribution in [0.25, 0.3) is 10.2 Å². The van der Waals surface area contributed by atoms with Crippen molar-refractivity contribution in [2.45, 2.75) is 17.9 Å². The first-order chi connectivity index (χ1) is 14.3. The quantitative estimate of drug-likeness (QED) is 0.662. The maximum absolute atomic E-state index is 14.3. The Kier molecular flexibility index (Phi) is 5.58. The zero-order chi connectivity index (χ0) is 21.5. The van der Waals surface area contributed by atoms with Gasteiger partial charge in [0.2, 0.25) is 10.0 Å². The molecule has 1 N–H and O–H groups in total. The minimum absolute atomic E-state index is 0.0273. The Balaban J connectivity index is 1.75. The van der Waals surface area contributed by atoms with E-state index in [1.54, 1.807) is 19.2 Å². The first-order valence-corrected chi connectivity index (χ1v) is 11.6. The molecule has 1 saturated heterocycles. The van der Waals surface area contributed by atoms with Crippen molar-refractivity contribution in [1.29, 1.82) is 0 Å². The first-order valence-electron chi connectivity index (χ1n) is 9.30. The molecule has 1 amide bonds. The predicted octanol–water partition coefficient (Wildman–Crippen LogP) is 2.87. The Bertz CT molecular complexity index is 1230. The van der Waals surface area contributed by atoms with Crippen LogP contribution in [0.1, 0.15) is 26.9 Å². The molecule has 7 nitrogen and oxygen atoms in total. The number of carbonyl (C=O) groups excluding carboxylic acids is 1. The molecule has 158 valence electrons. The number of hydrogen-bond donors (Lipinski definition) is 1. The van der Waals surface area contributed by atoms with Crippen LogP contribution < -0.4 is 5.32 Å². The monoisotopic (exact) mass is 449 g/mol. The number of nitrogens with zero attached hydrogens (tertiary/aromatic N) is 2. The molecule has 2 aromatic heterocycles. The highest BCUT2D eigenvalue weighted by Gasteiger charge is 2.36. The smallest absolute Gasteiger partial charge is 0.261 e. The molecular weight excluding hydrogens is 429 g/mol. The van der Waals surface area contributed by atoms with Gasteiger partial charge in [-0.2, -0.15) is 4.31 Å². The normalized spacial score (nSPS) is 17.9. The number of morpholine rings is 1. The summed E-state index contributed by atoms with van der Waals surface area (Å²) < 4.78 is 47.7. The van der Waals surface area contributed by atoms with Gasteiger partial charge in [0.25, 0.3) is 5.91 Å². The van der Waals surface area contributed by atoms with E-state index in [1.165, 1.54) is 34.8 Å². The number of carbonyl (C=O) groups is 1. The fourth-order valence-electron chi connectivity index (χ4n) is 3.52. The molecule has 1 fully saturated rings. The van der Waals surface area contributed by atoms with Crippen molar-refractivity contribution >= 4 is 37.5 Å². The van der Waals surface area contributed by atoms with E-state index in [2.05, 4.69) is 10.3 Å². The van der Waals surface area contributed by atoms with E-state index in [-0.39, 0.29) is 30.5 Å². The molecule has 0 saturated carbocycles. The number of pyridine rings is 1. The second kappa shape index (κ2) is 8.03. The van der Waals surface area contributed by atoms with Gasteiger partial charge >= 0.3 is 0 Å². The third-order valence-electron chi connectivity index (χ3n) is 4.99. The van der Waals surface area contributed by atoms with E-state index < -0.39 is 21.9 Å². The van der Waals surface area contributed by atoms with Crippen LogP contribution in [0, 0.1) is 12.7 Å². The Morgan fingerprint density at radius 1 is 1.37 bits per heavy atom. The lowest BCUT2D eigenvalue weighted by atomic mass is 10.0. The van der Waals surface area contributed by atoms with E-state index in [4.69, 9.17) is 4.74 Å². The SMILES string of the molecule is CNC(=O)c1sc2ncccc2c1C1CN(S(=O)(=O)c2cc(C)ccc2F)CCO1. The van der Waals surface area contributed by atoms with Crippen molar-refractivity contribution in [3.8, 4) is 0 Å². The van der Waals surface area contributed by atoms with Gasteiger partial charge in [-0.25, -0.2) is 17.8 Å². The number of halogens is 1. The molecule has 0 spiro atoms. The molecule has 1 aliphatic heterocycles. The lowest BCUT2D eigenvalue weighted by molar-refractivity contribution is -0.00197. The van der Waals surface area contributed by atoms with Gasteiger partial charge in [0.05, 0.1) is 12.7 Å². The number of aryl methyl sites for hydroxylation is 1. The summed E-state index contributed by atoms with van der Waals surface area (Å²) in [4.78, 5) is 17.5. The van der Waals surface area contributed by atoms with Gasteiger partial charge in [-0.05, 0) is 30.7 Å². The van der Waals surface area contributed by atoms with Crippen LogP contribution in [0.2, 0.25) is 0 Å². The third-order valence-corrected chi connectivity index (χ3v) is 8.00. The van der Waals surface area contributed by atoms with Crippen molar-refractivity contribution in [1.82, 2.24) is 14.6 Å². The molecule has 3 aromatic rings. The molecule has 10 heteroatoms. The minimum atomic E-state index is -4.07. The minimum Gasteiger partial charge on any atom is -0.371 e. The largest absolute Gasteiger partial charge is 0.371 e. The number of fused-ring (bicyclic) bond motifs is 1. The summed E-state index contributed by atoms with van der Waals surface area (Å²) in [5, 5.41) is 3.35. The molecule has 30 heavy (non-hydrogen) atoms. The number of nitrogens with one attached hydrogen (secondary N) is 1. The fourth-order valence-corrected chi connectivity index (χ4v) is 6.23. The summed E-state index contributed by atoms with van der Waals surface area (Å²) in [7, 11) is -2.53. The Morgan fingerprint density at radius 2 is 2.17 bits per heavy atom. The Labute approximate surface area is 177 Å². The summed E-state index contributed by atoms with van der Waals surface area (Å²) >= 11 is 1.23. The zero-order valence-electron chi connectivity index (χ0n) is 16.4. The Hall–Kier alpha value is -2.40. The topological polar surface area (TPSA) is 88.6 Å². The van der Waals surface area contributed by atoms with E-state index in [9.17, 15) is 17.6 Å².